The number of carbonyl (C=O) groups is 1. The van der Waals surface area contributed by atoms with Crippen LogP contribution in [0.3, 0.4) is 0 Å². The standard InChI is InChI=1S/C23H24NO9P/c1-9-4-12(5-10(2)11(9)3)31-34(28)32-20-15(25)6-14-13-7-16-21(30-8-29-16)19(26)17(13)23(27)24-18(14)22(20)33-34/h4-5,7,14-15,18,20,22,25-26H,6,8H2,1-3H3,(H,24,27)/t14-,15+,18-,20-,22+,34?/m1/s1. The lowest BCUT2D eigenvalue weighted by molar-refractivity contribution is -0.0372. The van der Waals surface area contributed by atoms with E-state index in [-0.39, 0.29) is 30.3 Å². The van der Waals surface area contributed by atoms with E-state index in [0.29, 0.717) is 17.1 Å². The van der Waals surface area contributed by atoms with Crippen LogP contribution in [0.25, 0.3) is 0 Å². The minimum Gasteiger partial charge on any atom is -0.504 e. The Labute approximate surface area is 195 Å². The number of fused-ring (bicyclic) bond motifs is 6. The molecule has 3 N–H and O–H groups in total. The maximum Gasteiger partial charge on any atom is 0.530 e. The van der Waals surface area contributed by atoms with E-state index in [9.17, 15) is 19.6 Å². The first-order valence-electron chi connectivity index (χ1n) is 11.0. The van der Waals surface area contributed by atoms with Gasteiger partial charge in [0.2, 0.25) is 12.5 Å². The van der Waals surface area contributed by atoms with Crippen molar-refractivity contribution in [3.63, 3.8) is 0 Å². The molecule has 2 fully saturated rings. The van der Waals surface area contributed by atoms with Gasteiger partial charge in [0.1, 0.15) is 18.0 Å². The third kappa shape index (κ3) is 3.13. The molecule has 2 aromatic carbocycles. The second-order valence-electron chi connectivity index (χ2n) is 9.19. The quantitative estimate of drug-likeness (QED) is 0.545. The van der Waals surface area contributed by atoms with Crippen LogP contribution in [0.1, 0.15) is 45.0 Å². The van der Waals surface area contributed by atoms with Crippen molar-refractivity contribution < 1.29 is 42.6 Å². The van der Waals surface area contributed by atoms with Crippen LogP contribution in [0.15, 0.2) is 18.2 Å². The lowest BCUT2D eigenvalue weighted by Gasteiger charge is -2.43. The molecule has 34 heavy (non-hydrogen) atoms. The van der Waals surface area contributed by atoms with Crippen LogP contribution in [0, 0.1) is 20.8 Å². The van der Waals surface area contributed by atoms with Crippen molar-refractivity contribution in [3.05, 3.63) is 46.0 Å². The van der Waals surface area contributed by atoms with E-state index < -0.39 is 44.0 Å². The molecule has 6 rings (SSSR count). The van der Waals surface area contributed by atoms with Crippen LogP contribution < -0.4 is 19.3 Å². The third-order valence-electron chi connectivity index (χ3n) is 7.20. The lowest BCUT2D eigenvalue weighted by Crippen LogP contribution is -2.60. The monoisotopic (exact) mass is 489 g/mol. The van der Waals surface area contributed by atoms with Gasteiger partial charge in [0.25, 0.3) is 5.91 Å². The van der Waals surface area contributed by atoms with Crippen molar-refractivity contribution in [3.8, 4) is 23.0 Å². The molecule has 1 amide bonds. The summed E-state index contributed by atoms with van der Waals surface area (Å²) in [4.78, 5) is 13.0. The molecule has 0 spiro atoms. The topological polar surface area (TPSA) is 133 Å². The Morgan fingerprint density at radius 3 is 2.53 bits per heavy atom. The molecule has 0 aromatic heterocycles. The number of phenols is 1. The minimum atomic E-state index is -4.09. The van der Waals surface area contributed by atoms with E-state index >= 15 is 0 Å². The summed E-state index contributed by atoms with van der Waals surface area (Å²) in [5.74, 6) is -0.501. The number of aliphatic hydroxyl groups excluding tert-OH is 1. The highest BCUT2D eigenvalue weighted by Crippen LogP contribution is 2.62. The van der Waals surface area contributed by atoms with Crippen LogP contribution in [-0.4, -0.2) is 47.3 Å². The molecule has 2 aromatic rings. The first-order chi connectivity index (χ1) is 16.1. The van der Waals surface area contributed by atoms with E-state index in [1.165, 1.54) is 0 Å². The molecule has 10 nitrogen and oxygen atoms in total. The summed E-state index contributed by atoms with van der Waals surface area (Å²) in [6.45, 7) is 5.76. The molecule has 0 bridgehead atoms. The number of phosphoric ester groups is 1. The maximum atomic E-state index is 13.4. The first-order valence-corrected chi connectivity index (χ1v) is 12.5. The number of aryl methyl sites for hydroxylation is 2. The highest BCUT2D eigenvalue weighted by molar-refractivity contribution is 7.49. The van der Waals surface area contributed by atoms with Crippen LogP contribution in [-0.2, 0) is 13.6 Å². The van der Waals surface area contributed by atoms with Crippen molar-refractivity contribution in [2.24, 2.45) is 0 Å². The molecule has 11 heteroatoms. The van der Waals surface area contributed by atoms with Gasteiger partial charge < -0.3 is 29.5 Å². The zero-order valence-corrected chi connectivity index (χ0v) is 19.6. The van der Waals surface area contributed by atoms with E-state index in [4.69, 9.17) is 23.0 Å². The third-order valence-corrected chi connectivity index (χ3v) is 8.64. The first kappa shape index (κ1) is 21.7. The van der Waals surface area contributed by atoms with Crippen molar-refractivity contribution in [2.75, 3.05) is 6.79 Å². The number of phosphoric acid groups is 1. The van der Waals surface area contributed by atoms with Gasteiger partial charge in [0.15, 0.2) is 11.5 Å². The summed E-state index contributed by atoms with van der Waals surface area (Å²) in [6.07, 6.45) is -2.73. The van der Waals surface area contributed by atoms with Crippen molar-refractivity contribution in [1.29, 1.82) is 0 Å². The Morgan fingerprint density at radius 2 is 1.79 bits per heavy atom. The van der Waals surface area contributed by atoms with E-state index in [1.54, 1.807) is 18.2 Å². The van der Waals surface area contributed by atoms with Crippen LogP contribution in [0.2, 0.25) is 0 Å². The summed E-state index contributed by atoms with van der Waals surface area (Å²) in [5, 5.41) is 24.4. The normalized spacial score (nSPS) is 33.1. The second-order valence-corrected chi connectivity index (χ2v) is 10.7. The molecule has 6 atom stereocenters. The van der Waals surface area contributed by atoms with Gasteiger partial charge in [0, 0.05) is 5.92 Å². The molecule has 1 unspecified atom stereocenters. The van der Waals surface area contributed by atoms with Gasteiger partial charge in [-0.05, 0) is 67.6 Å². The van der Waals surface area contributed by atoms with Gasteiger partial charge >= 0.3 is 7.82 Å². The van der Waals surface area contributed by atoms with Crippen LogP contribution in [0.4, 0.5) is 0 Å². The molecule has 3 aliphatic heterocycles. The predicted octanol–water partition coefficient (Wildman–Crippen LogP) is 2.98. The Hall–Kier alpha value is -2.78. The van der Waals surface area contributed by atoms with E-state index in [1.807, 2.05) is 20.8 Å². The Morgan fingerprint density at radius 1 is 1.09 bits per heavy atom. The number of hydrogen-bond donors (Lipinski definition) is 3. The van der Waals surface area contributed by atoms with Gasteiger partial charge in [-0.15, -0.1) is 0 Å². The van der Waals surface area contributed by atoms with E-state index in [0.717, 1.165) is 16.7 Å². The summed E-state index contributed by atoms with van der Waals surface area (Å²) < 4.78 is 41.3. The molecule has 3 heterocycles. The average Bonchev–Trinajstić information content (AvgIpc) is 3.38. The number of aromatic hydroxyl groups is 1. The summed E-state index contributed by atoms with van der Waals surface area (Å²) in [6, 6.07) is 4.49. The molecule has 4 aliphatic rings. The lowest BCUT2D eigenvalue weighted by atomic mass is 9.72. The van der Waals surface area contributed by atoms with Crippen molar-refractivity contribution in [1.82, 2.24) is 5.32 Å². The molecule has 0 radical (unpaired) electrons. The fourth-order valence-corrected chi connectivity index (χ4v) is 6.90. The zero-order chi connectivity index (χ0) is 23.9. The number of ether oxygens (including phenoxy) is 2. The number of amides is 1. The fourth-order valence-electron chi connectivity index (χ4n) is 5.29. The Kier molecular flexibility index (Phi) is 4.70. The molecule has 1 aliphatic carbocycles. The second kappa shape index (κ2) is 7.36. The van der Waals surface area contributed by atoms with Crippen molar-refractivity contribution in [2.45, 2.75) is 57.5 Å². The average molecular weight is 489 g/mol. The van der Waals surface area contributed by atoms with Crippen LogP contribution in [0.5, 0.6) is 23.0 Å². The SMILES string of the molecule is Cc1cc(OP2(=O)O[C@H]3[C@@H]4NC(=O)c5c(cc6c(c5O)OCO6)[C@H]4C[C@H](O)[C@H]3O2)cc(C)c1C. The van der Waals surface area contributed by atoms with Gasteiger partial charge in [-0.1, -0.05) is 0 Å². The number of rotatable bonds is 2. The number of benzene rings is 2. The molecule has 180 valence electrons. The highest BCUT2D eigenvalue weighted by atomic mass is 31.2. The van der Waals surface area contributed by atoms with Gasteiger partial charge in [-0.3, -0.25) is 13.8 Å². The Bertz CT molecular complexity index is 1250. The summed E-state index contributed by atoms with van der Waals surface area (Å²) in [5.41, 5.74) is 3.60. The number of carbonyl (C=O) groups excluding carboxylic acids is 1. The van der Waals surface area contributed by atoms with Gasteiger partial charge in [-0.2, -0.15) is 0 Å². The summed E-state index contributed by atoms with van der Waals surface area (Å²) in [7, 11) is -4.09. The summed E-state index contributed by atoms with van der Waals surface area (Å²) >= 11 is 0. The zero-order valence-electron chi connectivity index (χ0n) is 18.7. The number of phenolic OH excluding ortho intramolecular Hbond substituents is 1. The number of nitrogens with one attached hydrogen (secondary N) is 1. The predicted molar refractivity (Wildman–Crippen MR) is 117 cm³/mol. The maximum absolute atomic E-state index is 13.4. The number of hydrogen-bond acceptors (Lipinski definition) is 9. The molecule has 1 saturated heterocycles. The molecular weight excluding hydrogens is 465 g/mol. The van der Waals surface area contributed by atoms with Gasteiger partial charge in [-0.25, -0.2) is 4.57 Å². The molecular formula is C23H24NO9P. The highest BCUT2D eigenvalue weighted by Gasteiger charge is 2.60. The smallest absolute Gasteiger partial charge is 0.504 e. The van der Waals surface area contributed by atoms with E-state index in [2.05, 4.69) is 5.32 Å². The molecule has 1 saturated carbocycles. The minimum absolute atomic E-state index is 0.0652. The van der Waals surface area contributed by atoms with Crippen LogP contribution >= 0.6 is 7.82 Å². The Balaban J connectivity index is 1.33. The van der Waals surface area contributed by atoms with Gasteiger partial charge in [0.05, 0.1) is 17.7 Å². The number of aliphatic hydroxyl groups is 1. The van der Waals surface area contributed by atoms with Crippen molar-refractivity contribution >= 4 is 13.7 Å². The largest absolute Gasteiger partial charge is 0.530 e. The fraction of sp³-hybridized carbons (Fsp3) is 0.435.